The average molecular weight is 260 g/mol. The molecule has 0 saturated carbocycles. The minimum atomic E-state index is -3.74. The molecule has 0 spiro atoms. The number of terminal acetylenes is 1. The third-order valence-corrected chi connectivity index (χ3v) is 4.48. The summed E-state index contributed by atoms with van der Waals surface area (Å²) >= 11 is 0. The summed E-state index contributed by atoms with van der Waals surface area (Å²) in [6.07, 6.45) is 7.67. The molecular formula is C10H16N2O4S. The van der Waals surface area contributed by atoms with Crippen LogP contribution in [0.15, 0.2) is 0 Å². The third-order valence-electron chi connectivity index (χ3n) is 2.55. The second-order valence-electron chi connectivity index (χ2n) is 3.83. The van der Waals surface area contributed by atoms with E-state index in [0.29, 0.717) is 13.1 Å². The summed E-state index contributed by atoms with van der Waals surface area (Å²) in [5.74, 6) is 0.968. The molecule has 1 N–H and O–H groups in total. The minimum Gasteiger partial charge on any atom is -0.480 e. The number of hydrogen-bond acceptors (Lipinski definition) is 3. The smallest absolute Gasteiger partial charge is 0.318 e. The molecule has 96 valence electrons. The van der Waals surface area contributed by atoms with Gasteiger partial charge in [0.1, 0.15) is 6.54 Å². The summed E-state index contributed by atoms with van der Waals surface area (Å²) in [6.45, 7) is 0.0558. The zero-order chi connectivity index (χ0) is 12.9. The molecule has 7 heteroatoms. The van der Waals surface area contributed by atoms with E-state index in [9.17, 15) is 13.2 Å². The monoisotopic (exact) mass is 260 g/mol. The number of aliphatic carboxylic acids is 1. The predicted molar refractivity (Wildman–Crippen MR) is 62.4 cm³/mol. The molecule has 0 aromatic carbocycles. The van der Waals surface area contributed by atoms with Crippen LogP contribution in [0.4, 0.5) is 0 Å². The van der Waals surface area contributed by atoms with E-state index in [1.165, 1.54) is 4.31 Å². The van der Waals surface area contributed by atoms with Crippen LogP contribution < -0.4 is 0 Å². The summed E-state index contributed by atoms with van der Waals surface area (Å²) in [7, 11) is -3.74. The molecule has 0 unspecified atom stereocenters. The first-order chi connectivity index (χ1) is 7.98. The third kappa shape index (κ3) is 3.70. The zero-order valence-corrected chi connectivity index (χ0v) is 10.3. The second kappa shape index (κ2) is 6.00. The molecule has 1 rings (SSSR count). The van der Waals surface area contributed by atoms with Crippen molar-refractivity contribution in [2.24, 2.45) is 0 Å². The molecule has 1 saturated heterocycles. The average Bonchev–Trinajstić information content (AvgIpc) is 2.29. The molecular weight excluding hydrogens is 244 g/mol. The van der Waals surface area contributed by atoms with Gasteiger partial charge in [-0.15, -0.1) is 6.42 Å². The molecule has 0 atom stereocenters. The molecule has 0 aromatic heterocycles. The fourth-order valence-electron chi connectivity index (χ4n) is 1.73. The van der Waals surface area contributed by atoms with E-state index in [-0.39, 0.29) is 6.54 Å². The Morgan fingerprint density at radius 2 is 1.94 bits per heavy atom. The Bertz CT molecular complexity index is 407. The van der Waals surface area contributed by atoms with Gasteiger partial charge in [-0.2, -0.15) is 17.0 Å². The molecule has 0 radical (unpaired) electrons. The van der Waals surface area contributed by atoms with Crippen LogP contribution >= 0.6 is 0 Å². The predicted octanol–water partition coefficient (Wildman–Crippen LogP) is -0.263. The van der Waals surface area contributed by atoms with Crippen LogP contribution in [0.5, 0.6) is 0 Å². The maximum Gasteiger partial charge on any atom is 0.318 e. The molecule has 0 aromatic rings. The van der Waals surface area contributed by atoms with Gasteiger partial charge < -0.3 is 5.11 Å². The fourth-order valence-corrected chi connectivity index (χ4v) is 3.29. The number of piperidine rings is 1. The first kappa shape index (κ1) is 14.0. The summed E-state index contributed by atoms with van der Waals surface area (Å²) in [6, 6.07) is 0. The number of rotatable bonds is 5. The molecule has 1 aliphatic heterocycles. The van der Waals surface area contributed by atoms with Gasteiger partial charge >= 0.3 is 5.97 Å². The topological polar surface area (TPSA) is 77.9 Å². The molecule has 1 heterocycles. The molecule has 1 aliphatic rings. The molecule has 0 amide bonds. The number of nitrogens with zero attached hydrogens (tertiary/aromatic N) is 2. The lowest BCUT2D eigenvalue weighted by Gasteiger charge is -2.30. The highest BCUT2D eigenvalue weighted by Gasteiger charge is 2.31. The summed E-state index contributed by atoms with van der Waals surface area (Å²) in [4.78, 5) is 10.6. The Kier molecular flexibility index (Phi) is 4.93. The van der Waals surface area contributed by atoms with Gasteiger partial charge in [-0.3, -0.25) is 4.79 Å². The highest BCUT2D eigenvalue weighted by atomic mass is 32.2. The van der Waals surface area contributed by atoms with E-state index in [0.717, 1.165) is 23.6 Å². The van der Waals surface area contributed by atoms with Crippen molar-refractivity contribution in [2.75, 3.05) is 26.2 Å². The first-order valence-corrected chi connectivity index (χ1v) is 6.78. The van der Waals surface area contributed by atoms with Crippen LogP contribution in [-0.2, 0) is 15.0 Å². The van der Waals surface area contributed by atoms with Crippen molar-refractivity contribution in [3.05, 3.63) is 0 Å². The molecule has 0 bridgehead atoms. The highest BCUT2D eigenvalue weighted by molar-refractivity contribution is 7.86. The van der Waals surface area contributed by atoms with Gasteiger partial charge in [0, 0.05) is 13.1 Å². The van der Waals surface area contributed by atoms with Crippen molar-refractivity contribution in [3.63, 3.8) is 0 Å². The van der Waals surface area contributed by atoms with Gasteiger partial charge in [0.05, 0.1) is 6.54 Å². The van der Waals surface area contributed by atoms with Crippen LogP contribution in [0.2, 0.25) is 0 Å². The lowest BCUT2D eigenvalue weighted by Crippen LogP contribution is -2.47. The van der Waals surface area contributed by atoms with E-state index in [2.05, 4.69) is 5.92 Å². The zero-order valence-electron chi connectivity index (χ0n) is 9.50. The summed E-state index contributed by atoms with van der Waals surface area (Å²) < 4.78 is 26.3. The van der Waals surface area contributed by atoms with Crippen LogP contribution in [0.3, 0.4) is 0 Å². The van der Waals surface area contributed by atoms with Gasteiger partial charge in [0.15, 0.2) is 0 Å². The van der Waals surface area contributed by atoms with Gasteiger partial charge in [-0.05, 0) is 12.8 Å². The molecule has 0 aliphatic carbocycles. The van der Waals surface area contributed by atoms with E-state index < -0.39 is 22.7 Å². The van der Waals surface area contributed by atoms with Crippen molar-refractivity contribution in [1.29, 1.82) is 0 Å². The second-order valence-corrected chi connectivity index (χ2v) is 5.76. The maximum atomic E-state index is 12.1. The van der Waals surface area contributed by atoms with Crippen molar-refractivity contribution < 1.29 is 18.3 Å². The van der Waals surface area contributed by atoms with Crippen LogP contribution in [0.25, 0.3) is 0 Å². The van der Waals surface area contributed by atoms with Crippen LogP contribution in [0.1, 0.15) is 19.3 Å². The lowest BCUT2D eigenvalue weighted by molar-refractivity contribution is -0.137. The number of hydrogen-bond donors (Lipinski definition) is 1. The van der Waals surface area contributed by atoms with E-state index in [1.807, 2.05) is 0 Å². The van der Waals surface area contributed by atoms with Crippen molar-refractivity contribution in [3.8, 4) is 12.3 Å². The molecule has 1 fully saturated rings. The van der Waals surface area contributed by atoms with Crippen molar-refractivity contribution in [2.45, 2.75) is 19.3 Å². The Labute approximate surface area is 101 Å². The number of carboxylic acids is 1. The largest absolute Gasteiger partial charge is 0.480 e. The fraction of sp³-hybridized carbons (Fsp3) is 0.700. The normalized spacial score (nSPS) is 17.9. The summed E-state index contributed by atoms with van der Waals surface area (Å²) in [5.41, 5.74) is 0. The van der Waals surface area contributed by atoms with Gasteiger partial charge in [-0.25, -0.2) is 0 Å². The van der Waals surface area contributed by atoms with Gasteiger partial charge in [-0.1, -0.05) is 12.3 Å². The van der Waals surface area contributed by atoms with E-state index in [4.69, 9.17) is 11.5 Å². The summed E-state index contributed by atoms with van der Waals surface area (Å²) in [5, 5.41) is 8.68. The minimum absolute atomic E-state index is 0.217. The van der Waals surface area contributed by atoms with E-state index in [1.54, 1.807) is 0 Å². The van der Waals surface area contributed by atoms with Gasteiger partial charge in [0.2, 0.25) is 0 Å². The van der Waals surface area contributed by atoms with E-state index >= 15 is 0 Å². The quantitative estimate of drug-likeness (QED) is 0.691. The highest BCUT2D eigenvalue weighted by Crippen LogP contribution is 2.16. The molecule has 17 heavy (non-hydrogen) atoms. The number of carbonyl (C=O) groups is 1. The Hall–Kier alpha value is -1.10. The SMILES string of the molecule is C#CCN(CC(=O)O)S(=O)(=O)N1CCCCC1. The molecule has 6 nitrogen and oxygen atoms in total. The Balaban J connectivity index is 2.83. The van der Waals surface area contributed by atoms with Crippen molar-refractivity contribution >= 4 is 16.2 Å². The Morgan fingerprint density at radius 3 is 2.41 bits per heavy atom. The standard InChI is InChI=1S/C10H16N2O4S/c1-2-6-12(9-10(13)14)17(15,16)11-7-4-3-5-8-11/h1H,3-9H2,(H,13,14). The lowest BCUT2D eigenvalue weighted by atomic mass is 10.2. The van der Waals surface area contributed by atoms with Crippen LogP contribution in [0, 0.1) is 12.3 Å². The van der Waals surface area contributed by atoms with Crippen LogP contribution in [-0.4, -0.2) is 54.3 Å². The Morgan fingerprint density at radius 1 is 1.35 bits per heavy atom. The van der Waals surface area contributed by atoms with Gasteiger partial charge in [0.25, 0.3) is 10.2 Å². The maximum absolute atomic E-state index is 12.1. The first-order valence-electron chi connectivity index (χ1n) is 5.39. The van der Waals surface area contributed by atoms with Crippen molar-refractivity contribution in [1.82, 2.24) is 8.61 Å². The number of carboxylic acid groups (broad SMARTS) is 1.